The van der Waals surface area contributed by atoms with Crippen LogP contribution < -0.4 is 16.0 Å². The fourth-order valence-electron chi connectivity index (χ4n) is 2.88. The number of anilines is 1. The lowest BCUT2D eigenvalue weighted by atomic mass is 10.2. The van der Waals surface area contributed by atoms with Crippen molar-refractivity contribution in [2.45, 2.75) is 38.3 Å². The summed E-state index contributed by atoms with van der Waals surface area (Å²) >= 11 is 1.27. The highest BCUT2D eigenvalue weighted by molar-refractivity contribution is 7.13. The van der Waals surface area contributed by atoms with Crippen LogP contribution in [-0.2, 0) is 16.1 Å². The predicted octanol–water partition coefficient (Wildman–Crippen LogP) is 2.68. The third-order valence-electron chi connectivity index (χ3n) is 4.28. The van der Waals surface area contributed by atoms with Crippen LogP contribution in [0.4, 0.5) is 9.93 Å². The van der Waals surface area contributed by atoms with Gasteiger partial charge in [0.1, 0.15) is 0 Å². The van der Waals surface area contributed by atoms with Crippen molar-refractivity contribution in [1.29, 1.82) is 0 Å². The van der Waals surface area contributed by atoms with Gasteiger partial charge in [-0.15, -0.1) is 11.3 Å². The standard InChI is InChI=1S/C19H22N4O4S/c24-16(23-18(26)21-14-8-4-5-9-14)11-27-17(25)15-12-28-19(22-15)20-10-13-6-2-1-3-7-13/h1-3,6-7,12,14H,4-5,8-11H2,(H,20,22)(H2,21,23,24,26). The maximum absolute atomic E-state index is 12.0. The van der Waals surface area contributed by atoms with Gasteiger partial charge in [-0.25, -0.2) is 14.6 Å². The van der Waals surface area contributed by atoms with Crippen LogP contribution in [-0.4, -0.2) is 35.5 Å². The molecular weight excluding hydrogens is 380 g/mol. The van der Waals surface area contributed by atoms with E-state index in [-0.39, 0.29) is 11.7 Å². The molecule has 1 aromatic carbocycles. The van der Waals surface area contributed by atoms with Crippen LogP contribution in [0.5, 0.6) is 0 Å². The Hall–Kier alpha value is -2.94. The Morgan fingerprint density at radius 3 is 2.64 bits per heavy atom. The third kappa shape index (κ3) is 6.05. The van der Waals surface area contributed by atoms with E-state index in [9.17, 15) is 14.4 Å². The van der Waals surface area contributed by atoms with Crippen LogP contribution in [0.2, 0.25) is 0 Å². The second kappa shape index (κ2) is 9.84. The fraction of sp³-hybridized carbons (Fsp3) is 0.368. The molecular formula is C19H22N4O4S. The molecule has 0 atom stereocenters. The van der Waals surface area contributed by atoms with Gasteiger partial charge in [-0.1, -0.05) is 43.2 Å². The summed E-state index contributed by atoms with van der Waals surface area (Å²) in [5, 5.41) is 10.2. The first-order chi connectivity index (χ1) is 13.6. The summed E-state index contributed by atoms with van der Waals surface area (Å²) in [6, 6.07) is 9.34. The number of aromatic nitrogens is 1. The fourth-order valence-corrected chi connectivity index (χ4v) is 3.56. The van der Waals surface area contributed by atoms with Crippen molar-refractivity contribution in [3.63, 3.8) is 0 Å². The molecule has 3 rings (SSSR count). The van der Waals surface area contributed by atoms with Crippen molar-refractivity contribution in [1.82, 2.24) is 15.6 Å². The Labute approximate surface area is 166 Å². The minimum absolute atomic E-state index is 0.104. The third-order valence-corrected chi connectivity index (χ3v) is 5.08. The van der Waals surface area contributed by atoms with Crippen molar-refractivity contribution >= 4 is 34.4 Å². The lowest BCUT2D eigenvalue weighted by molar-refractivity contribution is -0.123. The normalized spacial score (nSPS) is 13.7. The largest absolute Gasteiger partial charge is 0.451 e. The van der Waals surface area contributed by atoms with E-state index in [1.54, 1.807) is 5.38 Å². The summed E-state index contributed by atoms with van der Waals surface area (Å²) in [7, 11) is 0. The van der Waals surface area contributed by atoms with Crippen LogP contribution in [0.25, 0.3) is 0 Å². The molecule has 1 aliphatic rings. The van der Waals surface area contributed by atoms with Gasteiger partial charge in [0, 0.05) is 18.0 Å². The van der Waals surface area contributed by atoms with Crippen LogP contribution in [0.15, 0.2) is 35.7 Å². The number of nitrogens with one attached hydrogen (secondary N) is 3. The molecule has 0 bridgehead atoms. The Morgan fingerprint density at radius 2 is 1.89 bits per heavy atom. The first kappa shape index (κ1) is 19.8. The molecule has 28 heavy (non-hydrogen) atoms. The lowest BCUT2D eigenvalue weighted by Gasteiger charge is -2.12. The zero-order valence-electron chi connectivity index (χ0n) is 15.3. The van der Waals surface area contributed by atoms with E-state index in [2.05, 4.69) is 20.9 Å². The summed E-state index contributed by atoms with van der Waals surface area (Å²) < 4.78 is 4.92. The number of carbonyl (C=O) groups is 3. The average molecular weight is 402 g/mol. The highest BCUT2D eigenvalue weighted by atomic mass is 32.1. The van der Waals surface area contributed by atoms with Gasteiger partial charge in [-0.05, 0) is 18.4 Å². The number of amides is 3. The van der Waals surface area contributed by atoms with Crippen molar-refractivity contribution in [2.24, 2.45) is 0 Å². The van der Waals surface area contributed by atoms with Gasteiger partial charge >= 0.3 is 12.0 Å². The Balaban J connectivity index is 1.39. The molecule has 1 aromatic heterocycles. The number of thiazole rings is 1. The molecule has 0 aliphatic heterocycles. The number of ether oxygens (including phenoxy) is 1. The number of imide groups is 1. The van der Waals surface area contributed by atoms with Gasteiger partial charge in [-0.3, -0.25) is 10.1 Å². The monoisotopic (exact) mass is 402 g/mol. The minimum Gasteiger partial charge on any atom is -0.451 e. The molecule has 3 amide bonds. The number of hydrogen-bond donors (Lipinski definition) is 3. The second-order valence-electron chi connectivity index (χ2n) is 6.46. The molecule has 9 heteroatoms. The van der Waals surface area contributed by atoms with Crippen molar-refractivity contribution in [3.05, 3.63) is 47.0 Å². The van der Waals surface area contributed by atoms with Gasteiger partial charge in [0.05, 0.1) is 0 Å². The molecule has 1 heterocycles. The molecule has 0 radical (unpaired) electrons. The molecule has 1 fully saturated rings. The molecule has 2 aromatic rings. The van der Waals surface area contributed by atoms with Crippen LogP contribution in [0.3, 0.4) is 0 Å². The minimum atomic E-state index is -0.713. The average Bonchev–Trinajstić information content (AvgIpc) is 3.37. The van der Waals surface area contributed by atoms with E-state index >= 15 is 0 Å². The van der Waals surface area contributed by atoms with E-state index in [1.165, 1.54) is 11.3 Å². The van der Waals surface area contributed by atoms with E-state index in [0.29, 0.717) is 11.7 Å². The van der Waals surface area contributed by atoms with Crippen molar-refractivity contribution in [3.8, 4) is 0 Å². The number of esters is 1. The van der Waals surface area contributed by atoms with Gasteiger partial charge < -0.3 is 15.4 Å². The van der Waals surface area contributed by atoms with E-state index in [1.807, 2.05) is 30.3 Å². The Kier molecular flexibility index (Phi) is 6.96. The molecule has 3 N–H and O–H groups in total. The van der Waals surface area contributed by atoms with Crippen molar-refractivity contribution in [2.75, 3.05) is 11.9 Å². The van der Waals surface area contributed by atoms with E-state index in [0.717, 1.165) is 31.2 Å². The summed E-state index contributed by atoms with van der Waals surface area (Å²) in [5.74, 6) is -1.39. The first-order valence-electron chi connectivity index (χ1n) is 9.11. The second-order valence-corrected chi connectivity index (χ2v) is 7.31. The number of benzene rings is 1. The number of nitrogens with zero attached hydrogens (tertiary/aromatic N) is 1. The first-order valence-corrected chi connectivity index (χ1v) is 9.99. The predicted molar refractivity (Wildman–Crippen MR) is 105 cm³/mol. The summed E-state index contributed by atoms with van der Waals surface area (Å²) in [6.07, 6.45) is 3.99. The van der Waals surface area contributed by atoms with Gasteiger partial charge in [0.25, 0.3) is 5.91 Å². The molecule has 1 saturated carbocycles. The highest BCUT2D eigenvalue weighted by Crippen LogP contribution is 2.18. The summed E-state index contributed by atoms with van der Waals surface area (Å²) in [4.78, 5) is 39.6. The maximum atomic E-state index is 12.0. The molecule has 8 nitrogen and oxygen atoms in total. The smallest absolute Gasteiger partial charge is 0.358 e. The zero-order chi connectivity index (χ0) is 19.8. The topological polar surface area (TPSA) is 109 Å². The highest BCUT2D eigenvalue weighted by Gasteiger charge is 2.19. The van der Waals surface area contributed by atoms with Gasteiger partial charge in [-0.2, -0.15) is 0 Å². The maximum Gasteiger partial charge on any atom is 0.358 e. The number of rotatable bonds is 7. The van der Waals surface area contributed by atoms with Crippen LogP contribution in [0, 0.1) is 0 Å². The Morgan fingerprint density at radius 1 is 1.14 bits per heavy atom. The molecule has 0 unspecified atom stereocenters. The van der Waals surface area contributed by atoms with Gasteiger partial charge in [0.15, 0.2) is 17.4 Å². The molecule has 1 aliphatic carbocycles. The summed E-state index contributed by atoms with van der Waals surface area (Å²) in [6.45, 7) is 0.0442. The SMILES string of the molecule is O=C(COC(=O)c1csc(NCc2ccccc2)n1)NC(=O)NC1CCCC1. The number of urea groups is 1. The molecule has 0 spiro atoms. The quantitative estimate of drug-likeness (QED) is 0.615. The van der Waals surface area contributed by atoms with Crippen LogP contribution >= 0.6 is 11.3 Å². The molecule has 0 saturated heterocycles. The van der Waals surface area contributed by atoms with Crippen molar-refractivity contribution < 1.29 is 19.1 Å². The zero-order valence-corrected chi connectivity index (χ0v) is 16.1. The summed E-state index contributed by atoms with van der Waals surface area (Å²) in [5.41, 5.74) is 1.21. The van der Waals surface area contributed by atoms with Crippen LogP contribution in [0.1, 0.15) is 41.7 Å². The number of hydrogen-bond acceptors (Lipinski definition) is 7. The number of carbonyl (C=O) groups excluding carboxylic acids is 3. The van der Waals surface area contributed by atoms with E-state index < -0.39 is 24.5 Å². The Bertz CT molecular complexity index is 818. The van der Waals surface area contributed by atoms with E-state index in [4.69, 9.17) is 4.74 Å². The molecule has 148 valence electrons. The lowest BCUT2D eigenvalue weighted by Crippen LogP contribution is -2.45. The van der Waals surface area contributed by atoms with Gasteiger partial charge in [0.2, 0.25) is 0 Å².